The van der Waals surface area contributed by atoms with E-state index in [1.807, 2.05) is 13.0 Å². The molecule has 0 aliphatic carbocycles. The molecule has 5 nitrogen and oxygen atoms in total. The zero-order chi connectivity index (χ0) is 12.0. The van der Waals surface area contributed by atoms with Gasteiger partial charge in [0.1, 0.15) is 17.6 Å². The first-order valence-electron chi connectivity index (χ1n) is 5.42. The lowest BCUT2D eigenvalue weighted by Crippen LogP contribution is -2.07. The van der Waals surface area contributed by atoms with Gasteiger partial charge in [-0.1, -0.05) is 13.3 Å². The Labute approximate surface area is 95.3 Å². The van der Waals surface area contributed by atoms with E-state index in [0.29, 0.717) is 18.3 Å². The summed E-state index contributed by atoms with van der Waals surface area (Å²) in [5.41, 5.74) is 6.13. The van der Waals surface area contributed by atoms with Gasteiger partial charge in [-0.15, -0.1) is 0 Å². The molecule has 0 spiro atoms. The van der Waals surface area contributed by atoms with Crippen LogP contribution < -0.4 is 10.5 Å². The highest BCUT2D eigenvalue weighted by molar-refractivity contribution is 5.57. The molecular formula is C11H16N4O. The molecule has 0 bridgehead atoms. The summed E-state index contributed by atoms with van der Waals surface area (Å²) in [6.07, 6.45) is 2.78. The average Bonchev–Trinajstić information content (AvgIpc) is 2.30. The van der Waals surface area contributed by atoms with Crippen molar-refractivity contribution in [1.82, 2.24) is 9.97 Å². The van der Waals surface area contributed by atoms with Gasteiger partial charge in [0.2, 0.25) is 5.88 Å². The lowest BCUT2D eigenvalue weighted by molar-refractivity contribution is 0.326. The van der Waals surface area contributed by atoms with E-state index in [4.69, 9.17) is 15.7 Å². The molecule has 0 saturated carbocycles. The third kappa shape index (κ3) is 2.83. The van der Waals surface area contributed by atoms with Crippen molar-refractivity contribution in [1.29, 1.82) is 5.26 Å². The maximum Gasteiger partial charge on any atom is 0.241 e. The lowest BCUT2D eigenvalue weighted by atomic mass is 10.2. The van der Waals surface area contributed by atoms with Crippen LogP contribution in [-0.4, -0.2) is 16.6 Å². The summed E-state index contributed by atoms with van der Waals surface area (Å²) in [4.78, 5) is 8.29. The van der Waals surface area contributed by atoms with Gasteiger partial charge in [-0.3, -0.25) is 0 Å². The van der Waals surface area contributed by atoms with Gasteiger partial charge >= 0.3 is 0 Å². The van der Waals surface area contributed by atoms with Crippen LogP contribution in [0, 0.1) is 11.3 Å². The molecule has 1 aromatic heterocycles. The first-order chi connectivity index (χ1) is 7.72. The number of anilines is 1. The van der Waals surface area contributed by atoms with E-state index in [2.05, 4.69) is 16.9 Å². The molecule has 1 rings (SSSR count). The van der Waals surface area contributed by atoms with Crippen LogP contribution in [-0.2, 0) is 6.42 Å². The number of hydrogen-bond donors (Lipinski definition) is 1. The van der Waals surface area contributed by atoms with Gasteiger partial charge in [0.15, 0.2) is 5.69 Å². The summed E-state index contributed by atoms with van der Waals surface area (Å²) in [6, 6.07) is 1.95. The van der Waals surface area contributed by atoms with Crippen molar-refractivity contribution in [2.45, 2.75) is 33.1 Å². The monoisotopic (exact) mass is 220 g/mol. The number of nitrogens with two attached hydrogens (primary N) is 1. The second-order valence-corrected chi connectivity index (χ2v) is 3.36. The Morgan fingerprint density at radius 3 is 2.69 bits per heavy atom. The van der Waals surface area contributed by atoms with Gasteiger partial charge in [-0.25, -0.2) is 4.98 Å². The van der Waals surface area contributed by atoms with Gasteiger partial charge in [0, 0.05) is 6.42 Å². The fraction of sp³-hybridized carbons (Fsp3) is 0.545. The van der Waals surface area contributed by atoms with E-state index in [9.17, 15) is 0 Å². The molecule has 0 aromatic carbocycles. The number of ether oxygens (including phenoxy) is 1. The van der Waals surface area contributed by atoms with Gasteiger partial charge in [-0.2, -0.15) is 10.2 Å². The fourth-order valence-electron chi connectivity index (χ4n) is 1.27. The topological polar surface area (TPSA) is 84.8 Å². The smallest absolute Gasteiger partial charge is 0.241 e. The predicted molar refractivity (Wildman–Crippen MR) is 60.9 cm³/mol. The Balaban J connectivity index is 3.03. The number of nitrogens with zero attached hydrogens (tertiary/aromatic N) is 3. The van der Waals surface area contributed by atoms with Crippen LogP contribution in [0.15, 0.2) is 0 Å². The van der Waals surface area contributed by atoms with E-state index in [0.717, 1.165) is 19.3 Å². The summed E-state index contributed by atoms with van der Waals surface area (Å²) in [6.45, 7) is 4.41. The van der Waals surface area contributed by atoms with Crippen molar-refractivity contribution in [3.8, 4) is 11.9 Å². The zero-order valence-electron chi connectivity index (χ0n) is 9.66. The van der Waals surface area contributed by atoms with Crippen molar-refractivity contribution in [3.63, 3.8) is 0 Å². The number of aryl methyl sites for hydroxylation is 1. The maximum absolute atomic E-state index is 8.89. The van der Waals surface area contributed by atoms with Crippen LogP contribution in [0.2, 0.25) is 0 Å². The Morgan fingerprint density at radius 1 is 1.38 bits per heavy atom. The highest BCUT2D eigenvalue weighted by atomic mass is 16.5. The molecule has 0 amide bonds. The predicted octanol–water partition coefficient (Wildman–Crippen LogP) is 1.67. The molecule has 5 heteroatoms. The van der Waals surface area contributed by atoms with Crippen LogP contribution in [0.3, 0.4) is 0 Å². The van der Waals surface area contributed by atoms with Crippen molar-refractivity contribution >= 4 is 5.69 Å². The molecule has 0 saturated heterocycles. The summed E-state index contributed by atoms with van der Waals surface area (Å²) in [7, 11) is 0. The van der Waals surface area contributed by atoms with Gasteiger partial charge in [0.05, 0.1) is 6.61 Å². The van der Waals surface area contributed by atoms with Crippen LogP contribution >= 0.6 is 0 Å². The first kappa shape index (κ1) is 12.2. The van der Waals surface area contributed by atoms with Crippen LogP contribution in [0.5, 0.6) is 5.88 Å². The van der Waals surface area contributed by atoms with E-state index < -0.39 is 0 Å². The Hall–Kier alpha value is -1.83. The minimum atomic E-state index is 0.199. The first-order valence-corrected chi connectivity index (χ1v) is 5.42. The standard InChI is InChI=1S/C11H16N4O/c1-3-5-6-9-14-8(7-12)10(13)11(15-9)16-4-2/h3-6,13H2,1-2H3. The molecule has 0 aliphatic heterocycles. The molecule has 16 heavy (non-hydrogen) atoms. The van der Waals surface area contributed by atoms with Crippen molar-refractivity contribution < 1.29 is 4.74 Å². The highest BCUT2D eigenvalue weighted by Crippen LogP contribution is 2.21. The number of nitrogen functional groups attached to an aromatic ring is 1. The van der Waals surface area contributed by atoms with Crippen molar-refractivity contribution in [2.24, 2.45) is 0 Å². The van der Waals surface area contributed by atoms with Crippen LogP contribution in [0.1, 0.15) is 38.2 Å². The van der Waals surface area contributed by atoms with Crippen molar-refractivity contribution in [3.05, 3.63) is 11.5 Å². The summed E-state index contributed by atoms with van der Waals surface area (Å²) < 4.78 is 5.27. The molecule has 86 valence electrons. The second kappa shape index (κ2) is 5.91. The third-order valence-corrected chi connectivity index (χ3v) is 2.10. The number of nitriles is 1. The number of rotatable bonds is 5. The highest BCUT2D eigenvalue weighted by Gasteiger charge is 2.11. The number of hydrogen-bond acceptors (Lipinski definition) is 5. The largest absolute Gasteiger partial charge is 0.476 e. The normalized spacial score (nSPS) is 9.81. The van der Waals surface area contributed by atoms with E-state index in [1.165, 1.54) is 0 Å². The fourth-order valence-corrected chi connectivity index (χ4v) is 1.27. The zero-order valence-corrected chi connectivity index (χ0v) is 9.66. The summed E-state index contributed by atoms with van der Waals surface area (Å²) >= 11 is 0. The Morgan fingerprint density at radius 2 is 2.12 bits per heavy atom. The Bertz CT molecular complexity index is 398. The van der Waals surface area contributed by atoms with Crippen molar-refractivity contribution in [2.75, 3.05) is 12.3 Å². The minimum Gasteiger partial charge on any atom is -0.476 e. The Kier molecular flexibility index (Phi) is 4.52. The van der Waals surface area contributed by atoms with Crippen LogP contribution in [0.4, 0.5) is 5.69 Å². The minimum absolute atomic E-state index is 0.199. The van der Waals surface area contributed by atoms with E-state index in [-0.39, 0.29) is 11.4 Å². The van der Waals surface area contributed by atoms with Crippen LogP contribution in [0.25, 0.3) is 0 Å². The molecule has 0 aliphatic rings. The van der Waals surface area contributed by atoms with Gasteiger partial charge in [0.25, 0.3) is 0 Å². The molecule has 0 unspecified atom stereocenters. The summed E-state index contributed by atoms with van der Waals surface area (Å²) in [5, 5.41) is 8.89. The SMILES string of the molecule is CCCCc1nc(C#N)c(N)c(OCC)n1. The quantitative estimate of drug-likeness (QED) is 0.815. The number of aromatic nitrogens is 2. The summed E-state index contributed by atoms with van der Waals surface area (Å²) in [5.74, 6) is 0.941. The average molecular weight is 220 g/mol. The lowest BCUT2D eigenvalue weighted by Gasteiger charge is -2.08. The molecule has 1 heterocycles. The molecule has 0 radical (unpaired) electrons. The van der Waals surface area contributed by atoms with Gasteiger partial charge in [-0.05, 0) is 13.3 Å². The molecule has 1 aromatic rings. The molecule has 0 atom stereocenters. The van der Waals surface area contributed by atoms with Gasteiger partial charge < -0.3 is 10.5 Å². The van der Waals surface area contributed by atoms with E-state index >= 15 is 0 Å². The number of unbranched alkanes of at least 4 members (excludes halogenated alkanes) is 1. The third-order valence-electron chi connectivity index (χ3n) is 2.10. The molecular weight excluding hydrogens is 204 g/mol. The second-order valence-electron chi connectivity index (χ2n) is 3.36. The maximum atomic E-state index is 8.89. The molecule has 2 N–H and O–H groups in total. The van der Waals surface area contributed by atoms with E-state index in [1.54, 1.807) is 0 Å². The molecule has 0 fully saturated rings.